The van der Waals surface area contributed by atoms with Gasteiger partial charge in [-0.1, -0.05) is 26.8 Å². The van der Waals surface area contributed by atoms with Crippen molar-refractivity contribution in [1.29, 1.82) is 0 Å². The number of nitrogens with zero attached hydrogens (tertiary/aromatic N) is 1. The molecule has 1 aromatic heterocycles. The molecule has 4 atom stereocenters. The lowest BCUT2D eigenvalue weighted by Crippen LogP contribution is -2.59. The molecule has 1 N–H and O–H groups in total. The van der Waals surface area contributed by atoms with E-state index in [2.05, 4.69) is 31.1 Å². The standard InChI is InChI=1S/C20H25FN2O/c1-12-17-8-14(20(17,2)3)9-18(12)22-10-16-11-24-19(23-16)13-5-4-6-15(21)7-13/h4-7,11-12,14,17-18,22H,8-10H2,1-3H3/t12-,14+,17-,18?/m1/s1. The maximum atomic E-state index is 13.3. The van der Waals surface area contributed by atoms with Crippen molar-refractivity contribution >= 4 is 0 Å². The zero-order chi connectivity index (χ0) is 16.9. The average Bonchev–Trinajstić information content (AvgIpc) is 3.02. The molecule has 0 aliphatic heterocycles. The predicted octanol–water partition coefficient (Wildman–Crippen LogP) is 4.64. The molecule has 1 aromatic carbocycles. The van der Waals surface area contributed by atoms with Gasteiger partial charge in [-0.05, 0) is 54.2 Å². The van der Waals surface area contributed by atoms with Gasteiger partial charge in [0.25, 0.3) is 0 Å². The Bertz CT molecular complexity index is 739. The van der Waals surface area contributed by atoms with E-state index in [1.165, 1.54) is 25.0 Å². The molecule has 1 unspecified atom stereocenters. The molecule has 3 nitrogen and oxygen atoms in total. The second kappa shape index (κ2) is 5.69. The Kier molecular flexibility index (Phi) is 3.75. The first kappa shape index (κ1) is 15.8. The molecule has 3 fully saturated rings. The van der Waals surface area contributed by atoms with Gasteiger partial charge in [0, 0.05) is 18.2 Å². The van der Waals surface area contributed by atoms with E-state index < -0.39 is 0 Å². The van der Waals surface area contributed by atoms with E-state index >= 15 is 0 Å². The minimum atomic E-state index is -0.275. The molecule has 0 radical (unpaired) electrons. The first-order valence-corrected chi connectivity index (χ1v) is 8.89. The van der Waals surface area contributed by atoms with Gasteiger partial charge in [0.2, 0.25) is 5.89 Å². The molecule has 3 saturated carbocycles. The molecule has 5 rings (SSSR count). The van der Waals surface area contributed by atoms with E-state index in [1.54, 1.807) is 12.3 Å². The number of fused-ring (bicyclic) bond motifs is 2. The van der Waals surface area contributed by atoms with E-state index in [-0.39, 0.29) is 5.82 Å². The lowest BCUT2D eigenvalue weighted by molar-refractivity contribution is -0.115. The lowest BCUT2D eigenvalue weighted by atomic mass is 9.45. The first-order chi connectivity index (χ1) is 11.4. The normalized spacial score (nSPS) is 30.8. The topological polar surface area (TPSA) is 38.1 Å². The highest BCUT2D eigenvalue weighted by atomic mass is 19.1. The zero-order valence-corrected chi connectivity index (χ0v) is 14.6. The van der Waals surface area contributed by atoms with Crippen LogP contribution < -0.4 is 5.32 Å². The fraction of sp³-hybridized carbons (Fsp3) is 0.550. The number of aromatic nitrogens is 1. The van der Waals surface area contributed by atoms with E-state index in [9.17, 15) is 4.39 Å². The van der Waals surface area contributed by atoms with Crippen LogP contribution in [-0.4, -0.2) is 11.0 Å². The van der Waals surface area contributed by atoms with Crippen LogP contribution >= 0.6 is 0 Å². The molecular weight excluding hydrogens is 303 g/mol. The van der Waals surface area contributed by atoms with Crippen LogP contribution in [0.15, 0.2) is 34.9 Å². The van der Waals surface area contributed by atoms with Crippen LogP contribution in [0.1, 0.15) is 39.3 Å². The third-order valence-corrected chi connectivity index (χ3v) is 6.52. The monoisotopic (exact) mass is 328 g/mol. The Hall–Kier alpha value is -1.68. The maximum absolute atomic E-state index is 13.3. The number of hydrogen-bond donors (Lipinski definition) is 1. The van der Waals surface area contributed by atoms with Gasteiger partial charge in [-0.15, -0.1) is 0 Å². The van der Waals surface area contributed by atoms with Gasteiger partial charge in [0.1, 0.15) is 12.1 Å². The van der Waals surface area contributed by atoms with Crippen molar-refractivity contribution < 1.29 is 8.81 Å². The highest BCUT2D eigenvalue weighted by molar-refractivity contribution is 5.52. The van der Waals surface area contributed by atoms with Crippen molar-refractivity contribution in [2.45, 2.75) is 46.2 Å². The second-order valence-corrected chi connectivity index (χ2v) is 8.10. The van der Waals surface area contributed by atoms with Gasteiger partial charge in [-0.25, -0.2) is 9.37 Å². The summed E-state index contributed by atoms with van der Waals surface area (Å²) in [5.74, 6) is 2.57. The Morgan fingerprint density at radius 3 is 2.88 bits per heavy atom. The molecule has 0 spiro atoms. The van der Waals surface area contributed by atoms with Crippen molar-refractivity contribution in [2.24, 2.45) is 23.2 Å². The van der Waals surface area contributed by atoms with Crippen LogP contribution in [0.3, 0.4) is 0 Å². The largest absolute Gasteiger partial charge is 0.444 e. The third-order valence-electron chi connectivity index (χ3n) is 6.52. The van der Waals surface area contributed by atoms with Crippen LogP contribution in [0.5, 0.6) is 0 Å². The van der Waals surface area contributed by atoms with Crippen molar-refractivity contribution in [3.05, 3.63) is 42.0 Å². The molecule has 2 aromatic rings. The zero-order valence-electron chi connectivity index (χ0n) is 14.6. The summed E-state index contributed by atoms with van der Waals surface area (Å²) in [5.41, 5.74) is 2.06. The summed E-state index contributed by atoms with van der Waals surface area (Å²) in [6.45, 7) is 7.91. The summed E-state index contributed by atoms with van der Waals surface area (Å²) in [6, 6.07) is 6.90. The summed E-state index contributed by atoms with van der Waals surface area (Å²) < 4.78 is 18.8. The number of benzene rings is 1. The van der Waals surface area contributed by atoms with E-state index in [4.69, 9.17) is 4.42 Å². The molecule has 2 bridgehead atoms. The van der Waals surface area contributed by atoms with E-state index in [0.29, 0.717) is 35.4 Å². The number of rotatable bonds is 4. The Morgan fingerprint density at radius 2 is 2.17 bits per heavy atom. The Labute approximate surface area is 142 Å². The smallest absolute Gasteiger partial charge is 0.226 e. The van der Waals surface area contributed by atoms with Gasteiger partial charge >= 0.3 is 0 Å². The van der Waals surface area contributed by atoms with Crippen molar-refractivity contribution in [3.63, 3.8) is 0 Å². The Balaban J connectivity index is 1.39. The fourth-order valence-electron chi connectivity index (χ4n) is 4.80. The Morgan fingerprint density at radius 1 is 1.33 bits per heavy atom. The number of nitrogens with one attached hydrogen (secondary N) is 1. The van der Waals surface area contributed by atoms with Gasteiger partial charge in [-0.3, -0.25) is 0 Å². The van der Waals surface area contributed by atoms with E-state index in [1.807, 2.05) is 6.07 Å². The average molecular weight is 328 g/mol. The quantitative estimate of drug-likeness (QED) is 0.888. The molecule has 0 saturated heterocycles. The van der Waals surface area contributed by atoms with Crippen LogP contribution in [0.2, 0.25) is 0 Å². The van der Waals surface area contributed by atoms with Crippen molar-refractivity contribution in [2.75, 3.05) is 0 Å². The highest BCUT2D eigenvalue weighted by Gasteiger charge is 2.55. The lowest BCUT2D eigenvalue weighted by Gasteiger charge is -2.62. The molecule has 128 valence electrons. The molecule has 1 heterocycles. The van der Waals surface area contributed by atoms with Gasteiger partial charge in [0.05, 0.1) is 5.69 Å². The summed E-state index contributed by atoms with van der Waals surface area (Å²) in [5, 5.41) is 3.67. The summed E-state index contributed by atoms with van der Waals surface area (Å²) >= 11 is 0. The highest BCUT2D eigenvalue weighted by Crippen LogP contribution is 2.61. The van der Waals surface area contributed by atoms with Crippen LogP contribution in [-0.2, 0) is 6.54 Å². The van der Waals surface area contributed by atoms with Crippen LogP contribution in [0, 0.1) is 29.0 Å². The first-order valence-electron chi connectivity index (χ1n) is 8.89. The third kappa shape index (κ3) is 2.57. The van der Waals surface area contributed by atoms with Crippen molar-refractivity contribution in [3.8, 4) is 11.5 Å². The number of halogens is 1. The molecular formula is C20H25FN2O. The van der Waals surface area contributed by atoms with Crippen LogP contribution in [0.25, 0.3) is 11.5 Å². The minimum Gasteiger partial charge on any atom is -0.444 e. The molecule has 0 amide bonds. The van der Waals surface area contributed by atoms with E-state index in [0.717, 1.165) is 17.5 Å². The molecule has 3 aliphatic carbocycles. The summed E-state index contributed by atoms with van der Waals surface area (Å²) in [6.07, 6.45) is 4.31. The SMILES string of the molecule is C[C@H]1C(NCc2coc(-c3cccc(F)c3)n2)C[C@@H]2C[C@H]1C2(C)C. The number of oxazole rings is 1. The maximum Gasteiger partial charge on any atom is 0.226 e. The molecule has 4 heteroatoms. The minimum absolute atomic E-state index is 0.275. The molecule has 24 heavy (non-hydrogen) atoms. The van der Waals surface area contributed by atoms with Crippen molar-refractivity contribution in [1.82, 2.24) is 10.3 Å². The van der Waals surface area contributed by atoms with Gasteiger partial charge in [0.15, 0.2) is 0 Å². The predicted molar refractivity (Wildman–Crippen MR) is 91.7 cm³/mol. The summed E-state index contributed by atoms with van der Waals surface area (Å²) in [4.78, 5) is 4.49. The summed E-state index contributed by atoms with van der Waals surface area (Å²) in [7, 11) is 0. The molecule has 3 aliphatic rings. The van der Waals surface area contributed by atoms with Gasteiger partial charge < -0.3 is 9.73 Å². The van der Waals surface area contributed by atoms with Crippen LogP contribution in [0.4, 0.5) is 4.39 Å². The number of hydrogen-bond acceptors (Lipinski definition) is 3. The fourth-order valence-corrected chi connectivity index (χ4v) is 4.80. The van der Waals surface area contributed by atoms with Gasteiger partial charge in [-0.2, -0.15) is 0 Å². The second-order valence-electron chi connectivity index (χ2n) is 8.10.